The predicted molar refractivity (Wildman–Crippen MR) is 60.0 cm³/mol. The number of aromatic nitrogens is 2. The van der Waals surface area contributed by atoms with Gasteiger partial charge in [-0.3, -0.25) is 9.89 Å². The second kappa shape index (κ2) is 5.28. The van der Waals surface area contributed by atoms with Gasteiger partial charge in [0.25, 0.3) is 5.91 Å². The van der Waals surface area contributed by atoms with Crippen LogP contribution in [0.15, 0.2) is 0 Å². The van der Waals surface area contributed by atoms with Crippen molar-refractivity contribution in [3.63, 3.8) is 0 Å². The quantitative estimate of drug-likeness (QED) is 0.869. The maximum atomic E-state index is 12.4. The fourth-order valence-corrected chi connectivity index (χ4v) is 1.49. The van der Waals surface area contributed by atoms with Gasteiger partial charge in [0.2, 0.25) is 0 Å². The van der Waals surface area contributed by atoms with Crippen molar-refractivity contribution in [2.24, 2.45) is 0 Å². The molecule has 0 spiro atoms. The van der Waals surface area contributed by atoms with Gasteiger partial charge in [0.05, 0.1) is 11.4 Å². The van der Waals surface area contributed by atoms with E-state index in [-0.39, 0.29) is 17.9 Å². The van der Waals surface area contributed by atoms with Crippen LogP contribution in [0.5, 0.6) is 0 Å². The summed E-state index contributed by atoms with van der Waals surface area (Å²) in [5, 5.41) is 6.11. The highest BCUT2D eigenvalue weighted by Crippen LogP contribution is 2.20. The molecule has 1 aromatic heterocycles. The number of carbonyl (C=O) groups excluding carboxylic acids is 1. The second-order valence-corrected chi connectivity index (χ2v) is 3.95. The van der Waals surface area contributed by atoms with Crippen molar-refractivity contribution in [1.82, 2.24) is 15.1 Å². The maximum absolute atomic E-state index is 12.4. The third-order valence-electron chi connectivity index (χ3n) is 2.35. The number of nitrogen functional groups attached to an aromatic ring is 1. The van der Waals surface area contributed by atoms with Gasteiger partial charge in [0.15, 0.2) is 5.69 Å². The largest absolute Gasteiger partial charge is 0.406 e. The highest BCUT2D eigenvalue weighted by Gasteiger charge is 2.34. The van der Waals surface area contributed by atoms with E-state index in [0.29, 0.717) is 17.0 Å². The Morgan fingerprint density at radius 3 is 2.50 bits per heavy atom. The van der Waals surface area contributed by atoms with Gasteiger partial charge in [0, 0.05) is 6.54 Å². The molecule has 0 fully saturated rings. The molecule has 0 atom stereocenters. The molecule has 0 radical (unpaired) electrons. The van der Waals surface area contributed by atoms with E-state index in [4.69, 9.17) is 5.73 Å². The van der Waals surface area contributed by atoms with Gasteiger partial charge in [-0.25, -0.2) is 0 Å². The Morgan fingerprint density at radius 1 is 1.50 bits per heavy atom. The van der Waals surface area contributed by atoms with Crippen molar-refractivity contribution >= 4 is 11.6 Å². The molecule has 0 aliphatic carbocycles. The standard InChI is InChI=1S/C10H15F3N4O/c1-3-4-17(5-10(11,12)13)9(18)8-7(14)6(2)15-16-8/h3-5,14H2,1-2H3,(H,15,16). The summed E-state index contributed by atoms with van der Waals surface area (Å²) in [6.45, 7) is 1.98. The molecular formula is C10H15F3N4O. The average molecular weight is 264 g/mol. The first-order valence-electron chi connectivity index (χ1n) is 5.42. The number of aromatic amines is 1. The van der Waals surface area contributed by atoms with Crippen LogP contribution in [0.4, 0.5) is 18.9 Å². The summed E-state index contributed by atoms with van der Waals surface area (Å²) in [7, 11) is 0. The fourth-order valence-electron chi connectivity index (χ4n) is 1.49. The molecule has 0 saturated carbocycles. The van der Waals surface area contributed by atoms with Crippen LogP contribution < -0.4 is 5.73 Å². The lowest BCUT2D eigenvalue weighted by Gasteiger charge is -2.22. The van der Waals surface area contributed by atoms with Crippen LogP contribution in [0.2, 0.25) is 0 Å². The first-order valence-corrected chi connectivity index (χ1v) is 5.42. The molecule has 1 heterocycles. The van der Waals surface area contributed by atoms with Crippen molar-refractivity contribution in [1.29, 1.82) is 0 Å². The van der Waals surface area contributed by atoms with Gasteiger partial charge < -0.3 is 10.6 Å². The van der Waals surface area contributed by atoms with Crippen molar-refractivity contribution < 1.29 is 18.0 Å². The summed E-state index contributed by atoms with van der Waals surface area (Å²) in [4.78, 5) is 12.6. The number of rotatable bonds is 4. The van der Waals surface area contributed by atoms with Crippen LogP contribution in [0.1, 0.15) is 29.5 Å². The summed E-state index contributed by atoms with van der Waals surface area (Å²) in [6, 6.07) is 0. The molecule has 5 nitrogen and oxygen atoms in total. The van der Waals surface area contributed by atoms with E-state index in [1.807, 2.05) is 0 Å². The van der Waals surface area contributed by atoms with Crippen molar-refractivity contribution in [3.05, 3.63) is 11.4 Å². The van der Waals surface area contributed by atoms with Crippen LogP contribution in [0.25, 0.3) is 0 Å². The number of hydrogen-bond acceptors (Lipinski definition) is 3. The Balaban J connectivity index is 2.92. The molecule has 102 valence electrons. The Kier molecular flexibility index (Phi) is 4.20. The molecule has 0 bridgehead atoms. The molecule has 1 amide bonds. The Hall–Kier alpha value is -1.73. The van der Waals surface area contributed by atoms with E-state index in [1.165, 1.54) is 0 Å². The maximum Gasteiger partial charge on any atom is 0.406 e. The monoisotopic (exact) mass is 264 g/mol. The first-order chi connectivity index (χ1) is 8.26. The highest BCUT2D eigenvalue weighted by atomic mass is 19.4. The zero-order valence-electron chi connectivity index (χ0n) is 10.1. The number of H-pyrrole nitrogens is 1. The topological polar surface area (TPSA) is 75.0 Å². The van der Waals surface area contributed by atoms with Crippen LogP contribution in [-0.4, -0.2) is 40.3 Å². The molecule has 0 aliphatic rings. The normalized spacial score (nSPS) is 11.6. The summed E-state index contributed by atoms with van der Waals surface area (Å²) < 4.78 is 37.1. The Morgan fingerprint density at radius 2 is 2.11 bits per heavy atom. The minimum absolute atomic E-state index is 0.00366. The van der Waals surface area contributed by atoms with Crippen molar-refractivity contribution in [3.8, 4) is 0 Å². The zero-order valence-corrected chi connectivity index (χ0v) is 10.1. The van der Waals surface area contributed by atoms with Crippen molar-refractivity contribution in [2.75, 3.05) is 18.8 Å². The molecule has 1 aromatic rings. The lowest BCUT2D eigenvalue weighted by Crippen LogP contribution is -2.39. The molecule has 1 rings (SSSR count). The number of carbonyl (C=O) groups is 1. The van der Waals surface area contributed by atoms with Gasteiger partial charge in [-0.1, -0.05) is 6.92 Å². The second-order valence-electron chi connectivity index (χ2n) is 3.95. The van der Waals surface area contributed by atoms with E-state index < -0.39 is 18.6 Å². The van der Waals surface area contributed by atoms with Gasteiger partial charge in [-0.2, -0.15) is 18.3 Å². The summed E-state index contributed by atoms with van der Waals surface area (Å²) >= 11 is 0. The third kappa shape index (κ3) is 3.38. The lowest BCUT2D eigenvalue weighted by molar-refractivity contribution is -0.140. The molecule has 0 aromatic carbocycles. The first kappa shape index (κ1) is 14.3. The van der Waals surface area contributed by atoms with Crippen molar-refractivity contribution in [2.45, 2.75) is 26.4 Å². The van der Waals surface area contributed by atoms with Crippen LogP contribution in [-0.2, 0) is 0 Å². The minimum Gasteiger partial charge on any atom is -0.395 e. The van der Waals surface area contributed by atoms with Gasteiger partial charge in [0.1, 0.15) is 6.54 Å². The number of alkyl halides is 3. The van der Waals surface area contributed by atoms with Crippen LogP contribution in [0, 0.1) is 6.92 Å². The number of halogens is 3. The van der Waals surface area contributed by atoms with E-state index in [9.17, 15) is 18.0 Å². The Bertz CT molecular complexity index is 427. The van der Waals surface area contributed by atoms with E-state index >= 15 is 0 Å². The number of aryl methyl sites for hydroxylation is 1. The number of anilines is 1. The summed E-state index contributed by atoms with van der Waals surface area (Å²) in [5.74, 6) is -0.809. The number of nitrogens with zero attached hydrogens (tertiary/aromatic N) is 2. The number of amides is 1. The van der Waals surface area contributed by atoms with E-state index in [2.05, 4.69) is 10.2 Å². The number of nitrogens with one attached hydrogen (secondary N) is 1. The molecule has 0 unspecified atom stereocenters. The molecule has 18 heavy (non-hydrogen) atoms. The molecule has 8 heteroatoms. The smallest absolute Gasteiger partial charge is 0.395 e. The van der Waals surface area contributed by atoms with Gasteiger partial charge in [-0.15, -0.1) is 0 Å². The van der Waals surface area contributed by atoms with Gasteiger partial charge in [-0.05, 0) is 13.3 Å². The predicted octanol–water partition coefficient (Wildman–Crippen LogP) is 1.71. The lowest BCUT2D eigenvalue weighted by atomic mass is 10.2. The zero-order chi connectivity index (χ0) is 13.9. The summed E-state index contributed by atoms with van der Waals surface area (Å²) in [5.41, 5.74) is 5.96. The Labute approximate surface area is 102 Å². The SMILES string of the molecule is CCCN(CC(F)(F)F)C(=O)c1n[nH]c(C)c1N. The van der Waals surface area contributed by atoms with Gasteiger partial charge >= 0.3 is 6.18 Å². The average Bonchev–Trinajstić information content (AvgIpc) is 2.56. The molecular weight excluding hydrogens is 249 g/mol. The number of hydrogen-bond donors (Lipinski definition) is 2. The molecule has 0 aliphatic heterocycles. The summed E-state index contributed by atoms with van der Waals surface area (Å²) in [6.07, 6.45) is -4.02. The third-order valence-corrected chi connectivity index (χ3v) is 2.35. The highest BCUT2D eigenvalue weighted by molar-refractivity contribution is 5.97. The number of nitrogens with two attached hydrogens (primary N) is 1. The minimum atomic E-state index is -4.44. The fraction of sp³-hybridized carbons (Fsp3) is 0.600. The van der Waals surface area contributed by atoms with E-state index in [1.54, 1.807) is 13.8 Å². The van der Waals surface area contributed by atoms with E-state index in [0.717, 1.165) is 0 Å². The molecule has 0 saturated heterocycles. The molecule has 3 N–H and O–H groups in total. The van der Waals surface area contributed by atoms with Crippen LogP contribution in [0.3, 0.4) is 0 Å². The van der Waals surface area contributed by atoms with Crippen LogP contribution >= 0.6 is 0 Å².